The average Bonchev–Trinajstić information content (AvgIpc) is 2.47. The third kappa shape index (κ3) is 3.78. The lowest BCUT2D eigenvalue weighted by molar-refractivity contribution is -0.123. The summed E-state index contributed by atoms with van der Waals surface area (Å²) in [5.74, 6) is -0.0749. The molecular weight excluding hydrogens is 238 g/mol. The van der Waals surface area contributed by atoms with E-state index in [1.54, 1.807) is 0 Å². The molecule has 19 heavy (non-hydrogen) atoms. The van der Waals surface area contributed by atoms with Crippen LogP contribution in [0.2, 0.25) is 0 Å². The number of carbonyl (C=O) groups is 1. The van der Waals surface area contributed by atoms with Gasteiger partial charge in [-0.25, -0.2) is 0 Å². The predicted molar refractivity (Wildman–Crippen MR) is 76.6 cm³/mol. The summed E-state index contributed by atoms with van der Waals surface area (Å²) < 4.78 is 0. The van der Waals surface area contributed by atoms with Crippen LogP contribution in [0, 0.1) is 0 Å². The lowest BCUT2D eigenvalue weighted by Gasteiger charge is -2.32. The Bertz CT molecular complexity index is 407. The van der Waals surface area contributed by atoms with Gasteiger partial charge in [0.15, 0.2) is 0 Å². The molecule has 1 unspecified atom stereocenters. The maximum Gasteiger partial charge on any atom is 0.241 e. The minimum absolute atomic E-state index is 0.0749. The van der Waals surface area contributed by atoms with E-state index in [4.69, 9.17) is 5.73 Å². The summed E-state index contributed by atoms with van der Waals surface area (Å²) >= 11 is 0. The third-order valence-electron chi connectivity index (χ3n) is 3.74. The number of piperidine rings is 1. The molecule has 0 bridgehead atoms. The smallest absolute Gasteiger partial charge is 0.241 e. The van der Waals surface area contributed by atoms with Crippen molar-refractivity contribution in [3.05, 3.63) is 35.9 Å². The Labute approximate surface area is 115 Å². The fourth-order valence-electron chi connectivity index (χ4n) is 2.56. The average molecular weight is 261 g/mol. The summed E-state index contributed by atoms with van der Waals surface area (Å²) in [6.45, 7) is 5.26. The third-order valence-corrected chi connectivity index (χ3v) is 3.74. The molecule has 4 nitrogen and oxygen atoms in total. The lowest BCUT2D eigenvalue weighted by atomic mass is 10.0. The van der Waals surface area contributed by atoms with Crippen molar-refractivity contribution in [1.82, 2.24) is 10.2 Å². The highest BCUT2D eigenvalue weighted by atomic mass is 16.2. The highest BCUT2D eigenvalue weighted by Gasteiger charge is 2.23. The number of nitrogens with zero attached hydrogens (tertiary/aromatic N) is 1. The Morgan fingerprint density at radius 1 is 1.47 bits per heavy atom. The summed E-state index contributed by atoms with van der Waals surface area (Å²) in [5, 5.41) is 3.08. The van der Waals surface area contributed by atoms with Crippen LogP contribution in [0.3, 0.4) is 0 Å². The van der Waals surface area contributed by atoms with Crippen molar-refractivity contribution in [2.45, 2.75) is 31.8 Å². The summed E-state index contributed by atoms with van der Waals surface area (Å²) in [6, 6.07) is 9.18. The molecule has 2 rings (SSSR count). The molecule has 1 saturated heterocycles. The van der Waals surface area contributed by atoms with Crippen molar-refractivity contribution in [3.63, 3.8) is 0 Å². The zero-order chi connectivity index (χ0) is 13.7. The molecule has 1 aromatic rings. The van der Waals surface area contributed by atoms with Crippen LogP contribution in [-0.2, 0) is 4.79 Å². The second kappa shape index (κ2) is 6.68. The van der Waals surface area contributed by atoms with Crippen LogP contribution >= 0.6 is 0 Å². The van der Waals surface area contributed by atoms with Crippen LogP contribution in [0.25, 0.3) is 0 Å². The Hall–Kier alpha value is -1.39. The van der Waals surface area contributed by atoms with Crippen LogP contribution in [0.4, 0.5) is 0 Å². The Morgan fingerprint density at radius 2 is 2.21 bits per heavy atom. The van der Waals surface area contributed by atoms with E-state index >= 15 is 0 Å². The molecule has 4 heteroatoms. The van der Waals surface area contributed by atoms with E-state index in [0.717, 1.165) is 38.0 Å². The first kappa shape index (κ1) is 14.0. The van der Waals surface area contributed by atoms with Crippen molar-refractivity contribution in [1.29, 1.82) is 0 Å². The predicted octanol–water partition coefficient (Wildman–Crippen LogP) is 1.29. The standard InChI is InChI=1S/C15H23N3O/c1-2-18-10-6-9-13(11-18)17-15(19)14(16)12-7-4-3-5-8-12/h3-5,7-8,13-14H,2,6,9-11,16H2,1H3,(H,17,19)/t13?,14-/m1/s1. The summed E-state index contributed by atoms with van der Waals surface area (Å²) in [4.78, 5) is 14.5. The van der Waals surface area contributed by atoms with Gasteiger partial charge in [-0.05, 0) is 31.5 Å². The normalized spacial score (nSPS) is 21.9. The van der Waals surface area contributed by atoms with Crippen LogP contribution in [0.15, 0.2) is 30.3 Å². The van der Waals surface area contributed by atoms with E-state index in [2.05, 4.69) is 17.1 Å². The number of nitrogens with two attached hydrogens (primary N) is 1. The lowest BCUT2D eigenvalue weighted by Crippen LogP contribution is -2.49. The Balaban J connectivity index is 1.90. The highest BCUT2D eigenvalue weighted by molar-refractivity contribution is 5.83. The van der Waals surface area contributed by atoms with Gasteiger partial charge in [-0.3, -0.25) is 4.79 Å². The number of hydrogen-bond acceptors (Lipinski definition) is 3. The highest BCUT2D eigenvalue weighted by Crippen LogP contribution is 2.13. The van der Waals surface area contributed by atoms with Gasteiger partial charge < -0.3 is 16.0 Å². The van der Waals surface area contributed by atoms with Gasteiger partial charge in [-0.15, -0.1) is 0 Å². The SMILES string of the molecule is CCN1CCCC(NC(=O)[C@H](N)c2ccccc2)C1. The fraction of sp³-hybridized carbons (Fsp3) is 0.533. The largest absolute Gasteiger partial charge is 0.350 e. The van der Waals surface area contributed by atoms with Crippen molar-refractivity contribution in [2.24, 2.45) is 5.73 Å². The Morgan fingerprint density at radius 3 is 2.89 bits per heavy atom. The molecule has 2 atom stereocenters. The molecule has 0 aliphatic carbocycles. The number of carbonyl (C=O) groups excluding carboxylic acids is 1. The van der Waals surface area contributed by atoms with Gasteiger partial charge in [0, 0.05) is 12.6 Å². The van der Waals surface area contributed by atoms with E-state index in [0.29, 0.717) is 0 Å². The van der Waals surface area contributed by atoms with E-state index in [9.17, 15) is 4.79 Å². The quantitative estimate of drug-likeness (QED) is 0.858. The maximum absolute atomic E-state index is 12.2. The fourth-order valence-corrected chi connectivity index (χ4v) is 2.56. The molecule has 0 saturated carbocycles. The van der Waals surface area contributed by atoms with Crippen molar-refractivity contribution in [3.8, 4) is 0 Å². The second-order valence-corrected chi connectivity index (χ2v) is 5.13. The van der Waals surface area contributed by atoms with Crippen molar-refractivity contribution >= 4 is 5.91 Å². The van der Waals surface area contributed by atoms with E-state index in [1.807, 2.05) is 30.3 Å². The first-order valence-corrected chi connectivity index (χ1v) is 7.04. The molecule has 1 heterocycles. The molecule has 3 N–H and O–H groups in total. The van der Waals surface area contributed by atoms with E-state index < -0.39 is 6.04 Å². The molecule has 1 aliphatic rings. The summed E-state index contributed by atoms with van der Waals surface area (Å²) in [5.41, 5.74) is 6.86. The van der Waals surface area contributed by atoms with E-state index in [1.165, 1.54) is 0 Å². The zero-order valence-corrected chi connectivity index (χ0v) is 11.5. The molecule has 1 amide bonds. The van der Waals surface area contributed by atoms with Gasteiger partial charge in [0.05, 0.1) is 0 Å². The van der Waals surface area contributed by atoms with Gasteiger partial charge in [-0.1, -0.05) is 37.3 Å². The van der Waals surface area contributed by atoms with Gasteiger partial charge in [0.1, 0.15) is 6.04 Å². The zero-order valence-electron chi connectivity index (χ0n) is 11.5. The number of likely N-dealkylation sites (N-methyl/N-ethyl adjacent to an activating group) is 1. The number of nitrogens with one attached hydrogen (secondary N) is 1. The molecule has 1 aliphatic heterocycles. The van der Waals surface area contributed by atoms with Crippen LogP contribution in [0.5, 0.6) is 0 Å². The monoisotopic (exact) mass is 261 g/mol. The van der Waals surface area contributed by atoms with Crippen molar-refractivity contribution < 1.29 is 4.79 Å². The van der Waals surface area contributed by atoms with Gasteiger partial charge in [-0.2, -0.15) is 0 Å². The number of benzene rings is 1. The Kier molecular flexibility index (Phi) is 4.93. The minimum atomic E-state index is -0.571. The number of amides is 1. The minimum Gasteiger partial charge on any atom is -0.350 e. The number of likely N-dealkylation sites (tertiary alicyclic amines) is 1. The van der Waals surface area contributed by atoms with Gasteiger partial charge in [0.25, 0.3) is 0 Å². The molecule has 1 fully saturated rings. The molecule has 0 radical (unpaired) electrons. The second-order valence-electron chi connectivity index (χ2n) is 5.13. The van der Waals surface area contributed by atoms with Crippen LogP contribution in [0.1, 0.15) is 31.4 Å². The van der Waals surface area contributed by atoms with Crippen LogP contribution in [-0.4, -0.2) is 36.5 Å². The van der Waals surface area contributed by atoms with Gasteiger partial charge >= 0.3 is 0 Å². The molecule has 104 valence electrons. The summed E-state index contributed by atoms with van der Waals surface area (Å²) in [7, 11) is 0. The number of hydrogen-bond donors (Lipinski definition) is 2. The van der Waals surface area contributed by atoms with Crippen LogP contribution < -0.4 is 11.1 Å². The molecule has 1 aromatic carbocycles. The molecule has 0 spiro atoms. The first-order chi connectivity index (χ1) is 9.20. The molecular formula is C15H23N3O. The molecule has 0 aromatic heterocycles. The topological polar surface area (TPSA) is 58.4 Å². The van der Waals surface area contributed by atoms with Gasteiger partial charge in [0.2, 0.25) is 5.91 Å². The van der Waals surface area contributed by atoms with E-state index in [-0.39, 0.29) is 11.9 Å². The maximum atomic E-state index is 12.2. The van der Waals surface area contributed by atoms with Crippen molar-refractivity contribution in [2.75, 3.05) is 19.6 Å². The number of rotatable bonds is 4. The summed E-state index contributed by atoms with van der Waals surface area (Å²) in [6.07, 6.45) is 2.18. The first-order valence-electron chi connectivity index (χ1n) is 7.04.